The van der Waals surface area contributed by atoms with E-state index in [1.165, 1.54) is 0 Å². The van der Waals surface area contributed by atoms with E-state index in [-0.39, 0.29) is 5.97 Å². The van der Waals surface area contributed by atoms with E-state index in [0.29, 0.717) is 12.2 Å². The van der Waals surface area contributed by atoms with Crippen molar-refractivity contribution < 1.29 is 9.53 Å². The zero-order valence-corrected chi connectivity index (χ0v) is 6.07. The molecule has 0 N–H and O–H groups in total. The van der Waals surface area contributed by atoms with Crippen molar-refractivity contribution in [3.63, 3.8) is 0 Å². The van der Waals surface area contributed by atoms with Crippen LogP contribution in [0, 0.1) is 12.0 Å². The summed E-state index contributed by atoms with van der Waals surface area (Å²) in [6.07, 6.45) is 2.52. The molecular weight excluding hydrogens is 136 g/mol. The van der Waals surface area contributed by atoms with Crippen molar-refractivity contribution in [2.75, 3.05) is 5.75 Å². The highest BCUT2D eigenvalue weighted by atomic mass is 32.1. The molecule has 0 bridgehead atoms. The molecule has 0 aromatic rings. The summed E-state index contributed by atoms with van der Waals surface area (Å²) in [5.41, 5.74) is 0. The third-order valence-corrected chi connectivity index (χ3v) is 0.806. The van der Waals surface area contributed by atoms with Crippen LogP contribution in [0.5, 0.6) is 0 Å². The lowest BCUT2D eigenvalue weighted by Gasteiger charge is -1.89. The van der Waals surface area contributed by atoms with E-state index in [9.17, 15) is 4.79 Å². The van der Waals surface area contributed by atoms with Crippen molar-refractivity contribution in [3.05, 3.63) is 0 Å². The summed E-state index contributed by atoms with van der Waals surface area (Å²) in [7, 11) is 0. The molecule has 0 amide bonds. The Bertz CT molecular complexity index is 143. The molecule has 0 heterocycles. The van der Waals surface area contributed by atoms with E-state index in [1.807, 2.05) is 0 Å². The van der Waals surface area contributed by atoms with Gasteiger partial charge in [0.1, 0.15) is 6.11 Å². The van der Waals surface area contributed by atoms with Crippen molar-refractivity contribution in [3.8, 4) is 12.0 Å². The smallest absolute Gasteiger partial charge is 0.320 e. The summed E-state index contributed by atoms with van der Waals surface area (Å²) in [5.74, 6) is 2.62. The van der Waals surface area contributed by atoms with E-state index < -0.39 is 0 Å². The summed E-state index contributed by atoms with van der Waals surface area (Å²) in [6.45, 7) is 1.61. The molecule has 0 radical (unpaired) electrons. The Labute approximate surface area is 60.0 Å². The van der Waals surface area contributed by atoms with Gasteiger partial charge in [-0.3, -0.25) is 4.79 Å². The van der Waals surface area contributed by atoms with Gasteiger partial charge in [-0.1, -0.05) is 5.92 Å². The largest absolute Gasteiger partial charge is 0.372 e. The third kappa shape index (κ3) is 5.25. The minimum absolute atomic E-state index is 0.317. The van der Waals surface area contributed by atoms with Gasteiger partial charge in [0.15, 0.2) is 0 Å². The summed E-state index contributed by atoms with van der Waals surface area (Å²) in [4.78, 5) is 10.4. The molecule has 3 heteroatoms. The maximum atomic E-state index is 10.4. The van der Waals surface area contributed by atoms with Crippen molar-refractivity contribution in [1.29, 1.82) is 0 Å². The molecule has 9 heavy (non-hydrogen) atoms. The monoisotopic (exact) mass is 144 g/mol. The summed E-state index contributed by atoms with van der Waals surface area (Å²) >= 11 is 3.83. The number of hydrogen-bond donors (Lipinski definition) is 1. The van der Waals surface area contributed by atoms with E-state index in [0.717, 1.165) is 0 Å². The first-order valence-electron chi connectivity index (χ1n) is 2.53. The average molecular weight is 144 g/mol. The second kappa shape index (κ2) is 5.52. The van der Waals surface area contributed by atoms with Gasteiger partial charge in [-0.15, -0.1) is 0 Å². The van der Waals surface area contributed by atoms with E-state index in [2.05, 4.69) is 29.4 Å². The maximum absolute atomic E-state index is 10.4. The topological polar surface area (TPSA) is 26.3 Å². The highest BCUT2D eigenvalue weighted by Crippen LogP contribution is 1.86. The van der Waals surface area contributed by atoms with E-state index >= 15 is 0 Å². The van der Waals surface area contributed by atoms with Crippen molar-refractivity contribution in [2.24, 2.45) is 0 Å². The zero-order chi connectivity index (χ0) is 7.11. The fourth-order valence-corrected chi connectivity index (χ4v) is 0.433. The van der Waals surface area contributed by atoms with Gasteiger partial charge in [0.05, 0.1) is 6.42 Å². The molecule has 0 saturated heterocycles. The van der Waals surface area contributed by atoms with E-state index in [1.54, 1.807) is 6.92 Å². The Morgan fingerprint density at radius 2 is 2.44 bits per heavy atom. The summed E-state index contributed by atoms with van der Waals surface area (Å²) in [6, 6.07) is 0. The standard InChI is InChI=1S/C6H8O2S/c1-2-4-8-6(7)3-5-9/h9H,3,5H2,1H3. The molecule has 0 spiro atoms. The summed E-state index contributed by atoms with van der Waals surface area (Å²) < 4.78 is 4.38. The molecule has 0 atom stereocenters. The molecular formula is C6H8O2S. The highest BCUT2D eigenvalue weighted by molar-refractivity contribution is 7.80. The molecule has 0 aliphatic rings. The van der Waals surface area contributed by atoms with Crippen LogP contribution in [0.25, 0.3) is 0 Å². The number of thiol groups is 1. The average Bonchev–Trinajstić information content (AvgIpc) is 1.85. The fraction of sp³-hybridized carbons (Fsp3) is 0.500. The Balaban J connectivity index is 3.35. The Hall–Kier alpha value is -0.620. The molecule has 0 aromatic carbocycles. The number of carbonyl (C=O) groups is 1. The van der Waals surface area contributed by atoms with Crippen molar-refractivity contribution in [1.82, 2.24) is 0 Å². The van der Waals surface area contributed by atoms with Crippen LogP contribution < -0.4 is 0 Å². The van der Waals surface area contributed by atoms with Crippen LogP contribution in [0.1, 0.15) is 13.3 Å². The van der Waals surface area contributed by atoms with Crippen LogP contribution in [0.2, 0.25) is 0 Å². The highest BCUT2D eigenvalue weighted by Gasteiger charge is 1.96. The number of ether oxygens (including phenoxy) is 1. The van der Waals surface area contributed by atoms with Crippen LogP contribution in [-0.4, -0.2) is 11.7 Å². The van der Waals surface area contributed by atoms with Gasteiger partial charge in [0.25, 0.3) is 0 Å². The lowest BCUT2D eigenvalue weighted by molar-refractivity contribution is -0.136. The van der Waals surface area contributed by atoms with Gasteiger partial charge in [-0.2, -0.15) is 12.6 Å². The van der Waals surface area contributed by atoms with Gasteiger partial charge in [0, 0.05) is 12.7 Å². The molecule has 0 fully saturated rings. The first-order chi connectivity index (χ1) is 4.31. The normalized spacial score (nSPS) is 7.33. The molecule has 2 nitrogen and oxygen atoms in total. The maximum Gasteiger partial charge on any atom is 0.320 e. The molecule has 0 aromatic heterocycles. The number of carbonyl (C=O) groups excluding carboxylic acids is 1. The fourth-order valence-electron chi connectivity index (χ4n) is 0.250. The van der Waals surface area contributed by atoms with E-state index in [4.69, 9.17) is 0 Å². The molecule has 0 aliphatic carbocycles. The number of esters is 1. The summed E-state index contributed by atoms with van der Waals surface area (Å²) in [5, 5.41) is 0. The van der Waals surface area contributed by atoms with Crippen LogP contribution >= 0.6 is 12.6 Å². The minimum Gasteiger partial charge on any atom is -0.372 e. The van der Waals surface area contributed by atoms with Gasteiger partial charge in [0.2, 0.25) is 0 Å². The minimum atomic E-state index is -0.320. The van der Waals surface area contributed by atoms with Crippen molar-refractivity contribution in [2.45, 2.75) is 13.3 Å². The van der Waals surface area contributed by atoms with Crippen molar-refractivity contribution >= 4 is 18.6 Å². The Morgan fingerprint density at radius 1 is 1.78 bits per heavy atom. The first kappa shape index (κ1) is 8.38. The molecule has 0 rings (SSSR count). The van der Waals surface area contributed by atoms with Gasteiger partial charge >= 0.3 is 5.97 Å². The third-order valence-electron chi connectivity index (χ3n) is 0.583. The van der Waals surface area contributed by atoms with Crippen LogP contribution in [-0.2, 0) is 9.53 Å². The first-order valence-corrected chi connectivity index (χ1v) is 3.16. The second-order valence-electron chi connectivity index (χ2n) is 1.30. The predicted octanol–water partition coefficient (Wildman–Crippen LogP) is 0.830. The lowest BCUT2D eigenvalue weighted by Crippen LogP contribution is -1.99. The molecule has 0 aliphatic heterocycles. The molecule has 0 unspecified atom stereocenters. The second-order valence-corrected chi connectivity index (χ2v) is 1.75. The molecule has 0 saturated carbocycles. The van der Waals surface area contributed by atoms with Gasteiger partial charge in [-0.25, -0.2) is 0 Å². The lowest BCUT2D eigenvalue weighted by atomic mass is 10.5. The quantitative estimate of drug-likeness (QED) is 0.353. The van der Waals surface area contributed by atoms with Gasteiger partial charge in [-0.05, 0) is 0 Å². The predicted molar refractivity (Wildman–Crippen MR) is 38.0 cm³/mol. The van der Waals surface area contributed by atoms with Crippen LogP contribution in [0.15, 0.2) is 0 Å². The zero-order valence-electron chi connectivity index (χ0n) is 5.18. The SMILES string of the molecule is CC#COC(=O)CCS. The van der Waals surface area contributed by atoms with Crippen LogP contribution in [0.3, 0.4) is 0 Å². The number of hydrogen-bond acceptors (Lipinski definition) is 3. The van der Waals surface area contributed by atoms with Crippen LogP contribution in [0.4, 0.5) is 0 Å². The number of rotatable bonds is 2. The Kier molecular flexibility index (Phi) is 5.14. The van der Waals surface area contributed by atoms with Gasteiger partial charge < -0.3 is 4.74 Å². The molecule has 50 valence electrons. The Morgan fingerprint density at radius 3 is 2.89 bits per heavy atom.